The smallest absolute Gasteiger partial charge is 0.263 e. The number of pyridine rings is 1. The van der Waals surface area contributed by atoms with E-state index in [1.165, 1.54) is 19.2 Å². The van der Waals surface area contributed by atoms with Gasteiger partial charge in [-0.15, -0.1) is 0 Å². The van der Waals surface area contributed by atoms with Gasteiger partial charge >= 0.3 is 0 Å². The molecule has 0 bridgehead atoms. The van der Waals surface area contributed by atoms with Gasteiger partial charge in [0.25, 0.3) is 10.0 Å². The number of benzene rings is 1. The van der Waals surface area contributed by atoms with Crippen LogP contribution in [-0.2, 0) is 10.0 Å². The molecular formula is C13H14N2O3S. The van der Waals surface area contributed by atoms with Crippen molar-refractivity contribution in [3.63, 3.8) is 0 Å². The fourth-order valence-electron chi connectivity index (χ4n) is 1.57. The molecule has 1 aromatic carbocycles. The third-order valence-corrected chi connectivity index (χ3v) is 3.91. The van der Waals surface area contributed by atoms with E-state index in [1.54, 1.807) is 30.3 Å². The maximum atomic E-state index is 12.1. The van der Waals surface area contributed by atoms with E-state index in [-0.39, 0.29) is 10.7 Å². The number of methoxy groups -OCH3 is 1. The van der Waals surface area contributed by atoms with Crippen LogP contribution in [0.1, 0.15) is 5.56 Å². The van der Waals surface area contributed by atoms with Crippen molar-refractivity contribution in [2.24, 2.45) is 0 Å². The van der Waals surface area contributed by atoms with Crippen LogP contribution < -0.4 is 9.46 Å². The summed E-state index contributed by atoms with van der Waals surface area (Å²) >= 11 is 0. The lowest BCUT2D eigenvalue weighted by molar-refractivity contribution is 0.395. The molecule has 0 fully saturated rings. The van der Waals surface area contributed by atoms with Gasteiger partial charge in [0.1, 0.15) is 5.82 Å². The number of nitrogens with zero attached hydrogens (tertiary/aromatic N) is 1. The van der Waals surface area contributed by atoms with Crippen molar-refractivity contribution in [2.45, 2.75) is 11.8 Å². The van der Waals surface area contributed by atoms with E-state index >= 15 is 0 Å². The van der Waals surface area contributed by atoms with Crippen LogP contribution in [0.3, 0.4) is 0 Å². The zero-order valence-corrected chi connectivity index (χ0v) is 11.4. The molecule has 1 aromatic heterocycles. The molecule has 0 aliphatic heterocycles. The monoisotopic (exact) mass is 278 g/mol. The van der Waals surface area contributed by atoms with Gasteiger partial charge in [0.15, 0.2) is 0 Å². The molecule has 2 aromatic rings. The van der Waals surface area contributed by atoms with E-state index in [0.29, 0.717) is 5.88 Å². The van der Waals surface area contributed by atoms with E-state index in [2.05, 4.69) is 9.71 Å². The molecule has 0 spiro atoms. The quantitative estimate of drug-likeness (QED) is 0.931. The SMILES string of the molecule is COc1nc(NS(=O)(=O)c2ccccc2)ccc1C. The Labute approximate surface area is 112 Å². The topological polar surface area (TPSA) is 68.3 Å². The number of sulfonamides is 1. The molecule has 0 unspecified atom stereocenters. The Morgan fingerprint density at radius 2 is 1.79 bits per heavy atom. The summed E-state index contributed by atoms with van der Waals surface area (Å²) in [7, 11) is -2.13. The average Bonchev–Trinajstić information content (AvgIpc) is 2.42. The van der Waals surface area contributed by atoms with Crippen LogP contribution in [0, 0.1) is 6.92 Å². The Hall–Kier alpha value is -2.08. The standard InChI is InChI=1S/C13H14N2O3S/c1-10-8-9-12(14-13(10)18-2)15-19(16,17)11-6-4-3-5-7-11/h3-9H,1-2H3,(H,14,15). The van der Waals surface area contributed by atoms with Gasteiger partial charge in [-0.3, -0.25) is 4.72 Å². The van der Waals surface area contributed by atoms with Crippen molar-refractivity contribution in [3.8, 4) is 5.88 Å². The van der Waals surface area contributed by atoms with Gasteiger partial charge in [0.2, 0.25) is 5.88 Å². The summed E-state index contributed by atoms with van der Waals surface area (Å²) in [5, 5.41) is 0. The summed E-state index contributed by atoms with van der Waals surface area (Å²) in [6, 6.07) is 11.5. The number of hydrogen-bond acceptors (Lipinski definition) is 4. The molecule has 0 saturated heterocycles. The number of aromatic nitrogens is 1. The van der Waals surface area contributed by atoms with Crippen molar-refractivity contribution < 1.29 is 13.2 Å². The molecule has 0 aliphatic rings. The van der Waals surface area contributed by atoms with Crippen LogP contribution in [0.2, 0.25) is 0 Å². The number of aryl methyl sites for hydroxylation is 1. The van der Waals surface area contributed by atoms with Crippen molar-refractivity contribution in [1.29, 1.82) is 0 Å². The first-order chi connectivity index (χ1) is 9.03. The number of ether oxygens (including phenoxy) is 1. The maximum Gasteiger partial charge on any atom is 0.263 e. The third kappa shape index (κ3) is 3.03. The Morgan fingerprint density at radius 1 is 1.11 bits per heavy atom. The number of hydrogen-bond donors (Lipinski definition) is 1. The predicted octanol–water partition coefficient (Wildman–Crippen LogP) is 2.20. The van der Waals surface area contributed by atoms with E-state index in [0.717, 1.165) is 5.56 Å². The molecular weight excluding hydrogens is 264 g/mol. The minimum Gasteiger partial charge on any atom is -0.481 e. The molecule has 2 rings (SSSR count). The zero-order chi connectivity index (χ0) is 13.9. The van der Waals surface area contributed by atoms with Gasteiger partial charge in [-0.25, -0.2) is 8.42 Å². The molecule has 19 heavy (non-hydrogen) atoms. The normalized spacial score (nSPS) is 11.1. The summed E-state index contributed by atoms with van der Waals surface area (Å²) in [6.07, 6.45) is 0. The second-order valence-electron chi connectivity index (χ2n) is 3.94. The lowest BCUT2D eigenvalue weighted by Crippen LogP contribution is -2.14. The molecule has 0 radical (unpaired) electrons. The first-order valence-corrected chi connectivity index (χ1v) is 7.11. The van der Waals surface area contributed by atoms with Crippen LogP contribution in [0.4, 0.5) is 5.82 Å². The van der Waals surface area contributed by atoms with Gasteiger partial charge in [0, 0.05) is 5.56 Å². The maximum absolute atomic E-state index is 12.1. The number of nitrogens with one attached hydrogen (secondary N) is 1. The third-order valence-electron chi connectivity index (χ3n) is 2.54. The molecule has 6 heteroatoms. The van der Waals surface area contributed by atoms with E-state index in [1.807, 2.05) is 6.92 Å². The Kier molecular flexibility index (Phi) is 3.71. The van der Waals surface area contributed by atoms with Crippen LogP contribution in [0.25, 0.3) is 0 Å². The van der Waals surface area contributed by atoms with Gasteiger partial charge in [0.05, 0.1) is 12.0 Å². The second-order valence-corrected chi connectivity index (χ2v) is 5.62. The van der Waals surface area contributed by atoms with Crippen molar-refractivity contribution >= 4 is 15.8 Å². The number of rotatable bonds is 4. The predicted molar refractivity (Wildman–Crippen MR) is 72.8 cm³/mol. The minimum atomic E-state index is -3.62. The molecule has 0 amide bonds. The molecule has 0 saturated carbocycles. The van der Waals surface area contributed by atoms with Crippen molar-refractivity contribution in [2.75, 3.05) is 11.8 Å². The molecule has 1 N–H and O–H groups in total. The zero-order valence-electron chi connectivity index (χ0n) is 10.6. The van der Waals surface area contributed by atoms with Crippen LogP contribution >= 0.6 is 0 Å². The highest BCUT2D eigenvalue weighted by molar-refractivity contribution is 7.92. The Bertz CT molecular complexity index is 670. The van der Waals surface area contributed by atoms with Gasteiger partial charge in [-0.1, -0.05) is 24.3 Å². The lowest BCUT2D eigenvalue weighted by Gasteiger charge is -2.09. The highest BCUT2D eigenvalue weighted by Crippen LogP contribution is 2.19. The lowest BCUT2D eigenvalue weighted by atomic mass is 10.3. The number of anilines is 1. The molecule has 5 nitrogen and oxygen atoms in total. The summed E-state index contributed by atoms with van der Waals surface area (Å²) in [5.41, 5.74) is 0.838. The summed E-state index contributed by atoms with van der Waals surface area (Å²) in [6.45, 7) is 1.83. The summed E-state index contributed by atoms with van der Waals surface area (Å²) < 4.78 is 31.7. The van der Waals surface area contributed by atoms with Crippen LogP contribution in [-0.4, -0.2) is 20.5 Å². The van der Waals surface area contributed by atoms with E-state index in [9.17, 15) is 8.42 Å². The fourth-order valence-corrected chi connectivity index (χ4v) is 2.59. The highest BCUT2D eigenvalue weighted by atomic mass is 32.2. The molecule has 0 aliphatic carbocycles. The fraction of sp³-hybridized carbons (Fsp3) is 0.154. The Balaban J connectivity index is 2.31. The van der Waals surface area contributed by atoms with E-state index in [4.69, 9.17) is 4.74 Å². The van der Waals surface area contributed by atoms with Crippen molar-refractivity contribution in [1.82, 2.24) is 4.98 Å². The summed E-state index contributed by atoms with van der Waals surface area (Å²) in [5.74, 6) is 0.625. The summed E-state index contributed by atoms with van der Waals surface area (Å²) in [4.78, 5) is 4.28. The van der Waals surface area contributed by atoms with E-state index < -0.39 is 10.0 Å². The van der Waals surface area contributed by atoms with Gasteiger partial charge in [-0.05, 0) is 25.1 Å². The molecule has 100 valence electrons. The Morgan fingerprint density at radius 3 is 2.42 bits per heavy atom. The minimum absolute atomic E-state index is 0.191. The van der Waals surface area contributed by atoms with Crippen LogP contribution in [0.15, 0.2) is 47.4 Å². The average molecular weight is 278 g/mol. The first-order valence-electron chi connectivity index (χ1n) is 5.62. The molecule has 1 heterocycles. The van der Waals surface area contributed by atoms with Crippen LogP contribution in [0.5, 0.6) is 5.88 Å². The highest BCUT2D eigenvalue weighted by Gasteiger charge is 2.14. The first kappa shape index (κ1) is 13.4. The van der Waals surface area contributed by atoms with Gasteiger partial charge < -0.3 is 4.74 Å². The molecule has 0 atom stereocenters. The van der Waals surface area contributed by atoms with Crippen molar-refractivity contribution in [3.05, 3.63) is 48.0 Å². The second kappa shape index (κ2) is 5.27. The largest absolute Gasteiger partial charge is 0.481 e. The van der Waals surface area contributed by atoms with Gasteiger partial charge in [-0.2, -0.15) is 4.98 Å².